The molecule has 3 nitrogen and oxygen atoms in total. The molecule has 0 spiro atoms. The zero-order valence-electron chi connectivity index (χ0n) is 8.68. The van der Waals surface area contributed by atoms with Gasteiger partial charge in [0.05, 0.1) is 12.1 Å². The van der Waals surface area contributed by atoms with Crippen molar-refractivity contribution in [2.45, 2.75) is 0 Å². The van der Waals surface area contributed by atoms with E-state index in [4.69, 9.17) is 21.1 Å². The number of rotatable bonds is 3. The molecule has 0 bridgehead atoms. The molecule has 0 aliphatic carbocycles. The second kappa shape index (κ2) is 4.86. The zero-order valence-corrected chi connectivity index (χ0v) is 9.44. The third-order valence-electron chi connectivity index (χ3n) is 1.98. The second-order valence-electron chi connectivity index (χ2n) is 3.09. The first kappa shape index (κ1) is 10.8. The molecule has 1 aromatic carbocycles. The fourth-order valence-electron chi connectivity index (χ4n) is 1.19. The molecule has 2 aromatic rings. The number of nitrogens with zero attached hydrogens (tertiary/aromatic N) is 1. The average Bonchev–Trinajstić information content (AvgIpc) is 2.33. The molecule has 0 fully saturated rings. The minimum Gasteiger partial charge on any atom is -0.497 e. The summed E-state index contributed by atoms with van der Waals surface area (Å²) in [5.74, 6) is 2.00. The van der Waals surface area contributed by atoms with E-state index in [9.17, 15) is 0 Å². The Morgan fingerprint density at radius 3 is 2.25 bits per heavy atom. The van der Waals surface area contributed by atoms with Crippen molar-refractivity contribution in [1.29, 1.82) is 0 Å². The third-order valence-corrected chi connectivity index (χ3v) is 2.21. The molecule has 0 saturated heterocycles. The molecule has 0 aliphatic heterocycles. The predicted molar refractivity (Wildman–Crippen MR) is 62.3 cm³/mol. The maximum absolute atomic E-state index is 5.72. The number of methoxy groups -OCH3 is 1. The number of pyridine rings is 1. The predicted octanol–water partition coefficient (Wildman–Crippen LogP) is 3.54. The highest BCUT2D eigenvalue weighted by molar-refractivity contribution is 6.30. The van der Waals surface area contributed by atoms with Gasteiger partial charge in [-0.15, -0.1) is 0 Å². The van der Waals surface area contributed by atoms with E-state index < -0.39 is 0 Å². The van der Waals surface area contributed by atoms with Crippen LogP contribution in [0.15, 0.2) is 42.6 Å². The molecule has 1 heterocycles. The summed E-state index contributed by atoms with van der Waals surface area (Å²) in [6.07, 6.45) is 1.54. The van der Waals surface area contributed by atoms with Crippen molar-refractivity contribution in [3.05, 3.63) is 47.6 Å². The number of hydrogen-bond donors (Lipinski definition) is 0. The fourth-order valence-corrected chi connectivity index (χ4v) is 1.30. The van der Waals surface area contributed by atoms with Crippen molar-refractivity contribution in [1.82, 2.24) is 4.98 Å². The normalized spacial score (nSPS) is 9.88. The van der Waals surface area contributed by atoms with Crippen molar-refractivity contribution in [3.63, 3.8) is 0 Å². The van der Waals surface area contributed by atoms with Crippen LogP contribution in [0.1, 0.15) is 0 Å². The molecule has 2 rings (SSSR count). The van der Waals surface area contributed by atoms with Crippen molar-refractivity contribution in [2.24, 2.45) is 0 Å². The molecule has 0 saturated carbocycles. The lowest BCUT2D eigenvalue weighted by atomic mass is 10.3. The topological polar surface area (TPSA) is 31.4 Å². The first-order valence-corrected chi connectivity index (χ1v) is 5.09. The second-order valence-corrected chi connectivity index (χ2v) is 3.53. The zero-order chi connectivity index (χ0) is 11.4. The van der Waals surface area contributed by atoms with E-state index >= 15 is 0 Å². The first-order chi connectivity index (χ1) is 7.78. The van der Waals surface area contributed by atoms with Crippen LogP contribution in [-0.4, -0.2) is 12.1 Å². The van der Waals surface area contributed by atoms with Crippen molar-refractivity contribution in [2.75, 3.05) is 7.11 Å². The van der Waals surface area contributed by atoms with Gasteiger partial charge in [-0.3, -0.25) is 0 Å². The average molecular weight is 236 g/mol. The smallest absolute Gasteiger partial charge is 0.219 e. The monoisotopic (exact) mass is 235 g/mol. The molecule has 1 aromatic heterocycles. The van der Waals surface area contributed by atoms with Gasteiger partial charge in [-0.25, -0.2) is 4.98 Å². The molecule has 4 heteroatoms. The summed E-state index contributed by atoms with van der Waals surface area (Å²) in [4.78, 5) is 4.03. The molecule has 0 radical (unpaired) electrons. The molecule has 0 amide bonds. The summed E-state index contributed by atoms with van der Waals surface area (Å²) >= 11 is 5.72. The molecule has 82 valence electrons. The SMILES string of the molecule is COc1ccc(Oc2ccc(Cl)cn2)cc1. The van der Waals surface area contributed by atoms with Crippen LogP contribution in [-0.2, 0) is 0 Å². The molecule has 0 aliphatic rings. The molecular weight excluding hydrogens is 226 g/mol. The highest BCUT2D eigenvalue weighted by atomic mass is 35.5. The van der Waals surface area contributed by atoms with Gasteiger partial charge in [-0.1, -0.05) is 11.6 Å². The number of aromatic nitrogens is 1. The Bertz CT molecular complexity index is 453. The molecule has 16 heavy (non-hydrogen) atoms. The van der Waals surface area contributed by atoms with Crippen molar-refractivity contribution >= 4 is 11.6 Å². The number of benzene rings is 1. The van der Waals surface area contributed by atoms with Gasteiger partial charge in [0.15, 0.2) is 0 Å². The van der Waals surface area contributed by atoms with Crippen LogP contribution in [0.25, 0.3) is 0 Å². The van der Waals surface area contributed by atoms with Gasteiger partial charge in [0.2, 0.25) is 5.88 Å². The van der Waals surface area contributed by atoms with Crippen LogP contribution in [0.2, 0.25) is 5.02 Å². The van der Waals surface area contributed by atoms with E-state index in [0.29, 0.717) is 16.7 Å². The van der Waals surface area contributed by atoms with Crippen LogP contribution in [0.4, 0.5) is 0 Å². The Hall–Kier alpha value is -1.74. The Balaban J connectivity index is 2.11. The Morgan fingerprint density at radius 2 is 1.69 bits per heavy atom. The third kappa shape index (κ3) is 2.64. The van der Waals surface area contributed by atoms with Gasteiger partial charge < -0.3 is 9.47 Å². The number of ether oxygens (including phenoxy) is 2. The van der Waals surface area contributed by atoms with E-state index in [-0.39, 0.29) is 0 Å². The van der Waals surface area contributed by atoms with E-state index in [1.807, 2.05) is 24.3 Å². The van der Waals surface area contributed by atoms with Crippen molar-refractivity contribution in [3.8, 4) is 17.4 Å². The van der Waals surface area contributed by atoms with Crippen LogP contribution >= 0.6 is 11.6 Å². The van der Waals surface area contributed by atoms with Crippen LogP contribution < -0.4 is 9.47 Å². The highest BCUT2D eigenvalue weighted by Gasteiger charge is 1.98. The van der Waals surface area contributed by atoms with E-state index in [1.54, 1.807) is 25.4 Å². The largest absolute Gasteiger partial charge is 0.497 e. The van der Waals surface area contributed by atoms with Crippen LogP contribution in [0.5, 0.6) is 17.4 Å². The van der Waals surface area contributed by atoms with E-state index in [0.717, 1.165) is 5.75 Å². The Labute approximate surface area is 98.6 Å². The standard InChI is InChI=1S/C12H10ClNO2/c1-15-10-3-5-11(6-4-10)16-12-7-2-9(13)8-14-12/h2-8H,1H3. The minimum absolute atomic E-state index is 0.509. The summed E-state index contributed by atoms with van der Waals surface area (Å²) in [7, 11) is 1.62. The fraction of sp³-hybridized carbons (Fsp3) is 0.0833. The summed E-state index contributed by atoms with van der Waals surface area (Å²) in [5, 5.41) is 0.585. The van der Waals surface area contributed by atoms with Crippen LogP contribution in [0.3, 0.4) is 0 Å². The molecule has 0 N–H and O–H groups in total. The number of halogens is 1. The molecular formula is C12H10ClNO2. The first-order valence-electron chi connectivity index (χ1n) is 4.71. The van der Waals surface area contributed by atoms with Gasteiger partial charge in [-0.05, 0) is 30.3 Å². The summed E-state index contributed by atoms with van der Waals surface area (Å²) in [6.45, 7) is 0. The molecule has 0 atom stereocenters. The lowest BCUT2D eigenvalue weighted by Gasteiger charge is -2.05. The van der Waals surface area contributed by atoms with Crippen molar-refractivity contribution < 1.29 is 9.47 Å². The quantitative estimate of drug-likeness (QED) is 0.816. The van der Waals surface area contributed by atoms with E-state index in [2.05, 4.69) is 4.98 Å². The molecule has 0 unspecified atom stereocenters. The number of hydrogen-bond acceptors (Lipinski definition) is 3. The van der Waals surface area contributed by atoms with E-state index in [1.165, 1.54) is 0 Å². The maximum Gasteiger partial charge on any atom is 0.219 e. The lowest BCUT2D eigenvalue weighted by molar-refractivity contribution is 0.412. The highest BCUT2D eigenvalue weighted by Crippen LogP contribution is 2.22. The van der Waals surface area contributed by atoms with Crippen LogP contribution in [0, 0.1) is 0 Å². The maximum atomic E-state index is 5.72. The van der Waals surface area contributed by atoms with Gasteiger partial charge in [0.1, 0.15) is 11.5 Å². The summed E-state index contributed by atoms with van der Waals surface area (Å²) in [6, 6.07) is 10.7. The van der Waals surface area contributed by atoms with Gasteiger partial charge in [-0.2, -0.15) is 0 Å². The Morgan fingerprint density at radius 1 is 1.00 bits per heavy atom. The van der Waals surface area contributed by atoms with Gasteiger partial charge in [0.25, 0.3) is 0 Å². The summed E-state index contributed by atoms with van der Waals surface area (Å²) < 4.78 is 10.6. The lowest BCUT2D eigenvalue weighted by Crippen LogP contribution is -1.87. The summed E-state index contributed by atoms with van der Waals surface area (Å²) in [5.41, 5.74) is 0. The Kier molecular flexibility index (Phi) is 3.27. The van der Waals surface area contributed by atoms with Gasteiger partial charge >= 0.3 is 0 Å². The minimum atomic E-state index is 0.509. The van der Waals surface area contributed by atoms with Gasteiger partial charge in [0, 0.05) is 12.3 Å².